The number of hydrogen-bond acceptors (Lipinski definition) is 4. The first-order valence-corrected chi connectivity index (χ1v) is 12.1. The van der Waals surface area contributed by atoms with Crippen molar-refractivity contribution >= 4 is 27.3 Å². The largest absolute Gasteiger partial charge is 0.484 e. The number of halogens is 3. The highest BCUT2D eigenvalue weighted by Crippen LogP contribution is 2.67. The number of sulfone groups is 1. The Labute approximate surface area is 184 Å². The van der Waals surface area contributed by atoms with Gasteiger partial charge in [-0.15, -0.1) is 0 Å². The molecule has 0 heterocycles. The van der Waals surface area contributed by atoms with Gasteiger partial charge in [0.25, 0.3) is 5.91 Å². The lowest BCUT2D eigenvalue weighted by atomic mass is 9.40. The molecule has 3 aliphatic rings. The van der Waals surface area contributed by atoms with Crippen LogP contribution >= 0.6 is 11.6 Å². The summed E-state index contributed by atoms with van der Waals surface area (Å²) < 4.78 is 56.7. The smallest absolute Gasteiger partial charge is 0.258 e. The molecule has 1 N–H and O–H groups in total. The van der Waals surface area contributed by atoms with E-state index in [1.165, 1.54) is 24.3 Å². The molecule has 3 fully saturated rings. The quantitative estimate of drug-likeness (QED) is 0.608. The summed E-state index contributed by atoms with van der Waals surface area (Å²) in [7, 11) is -3.26. The number of carbonyl (C=O) groups excluding carboxylic acids is 1. The third-order valence-electron chi connectivity index (χ3n) is 5.95. The molecule has 31 heavy (non-hydrogen) atoms. The Balaban J connectivity index is 1.21. The van der Waals surface area contributed by atoms with E-state index >= 15 is 0 Å². The van der Waals surface area contributed by atoms with E-state index < -0.39 is 15.7 Å². The molecule has 1 amide bonds. The van der Waals surface area contributed by atoms with Gasteiger partial charge in [0.1, 0.15) is 17.4 Å². The van der Waals surface area contributed by atoms with Crippen LogP contribution in [0, 0.1) is 17.0 Å². The van der Waals surface area contributed by atoms with E-state index in [9.17, 15) is 22.0 Å². The standard InChI is InChI=1S/C22H22ClF2NO4S/c23-18-6-5-17(9-19(18)25)30-10-20(27)26-22-11-21(12-22,13-22)14-31(28,29)8-7-15-1-3-16(24)4-2-15/h1-6,9H,7-8,10-14H2,(H,26,27). The Bertz CT molecular complexity index is 1090. The van der Waals surface area contributed by atoms with Crippen LogP contribution in [0.5, 0.6) is 5.75 Å². The van der Waals surface area contributed by atoms with Crippen LogP contribution < -0.4 is 10.1 Å². The molecular weight excluding hydrogens is 448 g/mol. The van der Waals surface area contributed by atoms with Gasteiger partial charge >= 0.3 is 0 Å². The number of benzene rings is 2. The Morgan fingerprint density at radius 1 is 1.10 bits per heavy atom. The molecule has 0 spiro atoms. The molecule has 0 unspecified atom stereocenters. The lowest BCUT2D eigenvalue weighted by molar-refractivity contribution is -0.156. The zero-order valence-electron chi connectivity index (χ0n) is 16.7. The van der Waals surface area contributed by atoms with Crippen molar-refractivity contribution in [3.8, 4) is 5.75 Å². The molecule has 2 aromatic carbocycles. The number of amides is 1. The number of ether oxygens (including phenoxy) is 1. The van der Waals surface area contributed by atoms with E-state index in [-0.39, 0.29) is 51.6 Å². The van der Waals surface area contributed by atoms with E-state index in [0.29, 0.717) is 25.7 Å². The highest BCUT2D eigenvalue weighted by Gasteiger charge is 2.69. The minimum Gasteiger partial charge on any atom is -0.484 e. The summed E-state index contributed by atoms with van der Waals surface area (Å²) in [6, 6.07) is 9.78. The predicted molar refractivity (Wildman–Crippen MR) is 113 cm³/mol. The molecule has 0 aliphatic heterocycles. The fourth-order valence-electron chi connectivity index (χ4n) is 4.79. The van der Waals surface area contributed by atoms with Crippen molar-refractivity contribution in [1.29, 1.82) is 0 Å². The molecule has 0 radical (unpaired) electrons. The van der Waals surface area contributed by atoms with Crippen LogP contribution in [-0.4, -0.2) is 38.0 Å². The minimum absolute atomic E-state index is 0.0191. The predicted octanol–water partition coefficient (Wildman–Crippen LogP) is 3.69. The first-order chi connectivity index (χ1) is 14.6. The first kappa shape index (κ1) is 22.0. The lowest BCUT2D eigenvalue weighted by Gasteiger charge is -2.70. The Morgan fingerprint density at radius 2 is 1.77 bits per heavy atom. The van der Waals surface area contributed by atoms with E-state index in [2.05, 4.69) is 5.32 Å². The molecule has 5 rings (SSSR count). The van der Waals surface area contributed by atoms with Crippen molar-refractivity contribution in [2.45, 2.75) is 31.2 Å². The fourth-order valence-corrected chi connectivity index (χ4v) is 6.84. The molecule has 9 heteroatoms. The van der Waals surface area contributed by atoms with Crippen molar-refractivity contribution in [3.63, 3.8) is 0 Å². The van der Waals surface area contributed by atoms with Gasteiger partial charge in [-0.3, -0.25) is 4.79 Å². The van der Waals surface area contributed by atoms with Gasteiger partial charge in [0.2, 0.25) is 0 Å². The summed E-state index contributed by atoms with van der Waals surface area (Å²) in [6.45, 7) is -0.258. The summed E-state index contributed by atoms with van der Waals surface area (Å²) in [5, 5.41) is 2.89. The van der Waals surface area contributed by atoms with Crippen LogP contribution in [0.1, 0.15) is 24.8 Å². The summed E-state index contributed by atoms with van der Waals surface area (Å²) in [5.74, 6) is -0.980. The topological polar surface area (TPSA) is 72.5 Å². The highest BCUT2D eigenvalue weighted by atomic mass is 35.5. The molecule has 0 atom stereocenters. The maximum absolute atomic E-state index is 13.4. The van der Waals surface area contributed by atoms with Gasteiger partial charge in [0.15, 0.2) is 16.4 Å². The van der Waals surface area contributed by atoms with Gasteiger partial charge in [0, 0.05) is 11.6 Å². The summed E-state index contributed by atoms with van der Waals surface area (Å²) >= 11 is 5.61. The van der Waals surface area contributed by atoms with Crippen LogP contribution in [0.4, 0.5) is 8.78 Å². The number of nitrogens with one attached hydrogen (secondary N) is 1. The van der Waals surface area contributed by atoms with Crippen molar-refractivity contribution in [3.05, 3.63) is 64.7 Å². The lowest BCUT2D eigenvalue weighted by Crippen LogP contribution is -2.76. The zero-order valence-corrected chi connectivity index (χ0v) is 18.2. The van der Waals surface area contributed by atoms with Crippen LogP contribution in [0.25, 0.3) is 0 Å². The molecule has 166 valence electrons. The maximum atomic E-state index is 13.4. The maximum Gasteiger partial charge on any atom is 0.258 e. The SMILES string of the molecule is O=C(COc1ccc(Cl)c(F)c1)NC12CC(CS(=O)(=O)CCc3ccc(F)cc3)(C1)C2. The number of rotatable bonds is 9. The summed E-state index contributed by atoms with van der Waals surface area (Å²) in [5.41, 5.74) is 0.152. The molecule has 3 aliphatic carbocycles. The number of aryl methyl sites for hydroxylation is 1. The third kappa shape index (κ3) is 5.01. The first-order valence-electron chi connectivity index (χ1n) is 9.92. The molecular formula is C22H22ClF2NO4S. The monoisotopic (exact) mass is 469 g/mol. The second kappa shape index (κ2) is 8.06. The van der Waals surface area contributed by atoms with Crippen LogP contribution in [0.15, 0.2) is 42.5 Å². The van der Waals surface area contributed by atoms with Crippen LogP contribution in [-0.2, 0) is 21.1 Å². The van der Waals surface area contributed by atoms with Gasteiger partial charge in [-0.1, -0.05) is 23.7 Å². The minimum atomic E-state index is -3.26. The van der Waals surface area contributed by atoms with E-state index in [0.717, 1.165) is 11.6 Å². The molecule has 5 nitrogen and oxygen atoms in total. The van der Waals surface area contributed by atoms with Crippen molar-refractivity contribution in [2.24, 2.45) is 5.41 Å². The van der Waals surface area contributed by atoms with Gasteiger partial charge in [-0.25, -0.2) is 17.2 Å². The molecule has 3 saturated carbocycles. The Kier molecular flexibility index (Phi) is 5.72. The fraction of sp³-hybridized carbons (Fsp3) is 0.409. The average molecular weight is 470 g/mol. The van der Waals surface area contributed by atoms with E-state index in [1.807, 2.05) is 0 Å². The average Bonchev–Trinajstić information content (AvgIpc) is 2.66. The molecule has 0 saturated heterocycles. The van der Waals surface area contributed by atoms with Crippen molar-refractivity contribution in [1.82, 2.24) is 5.32 Å². The van der Waals surface area contributed by atoms with Crippen LogP contribution in [0.3, 0.4) is 0 Å². The Hall–Kier alpha value is -2.19. The zero-order chi connectivity index (χ0) is 22.3. The molecule has 2 bridgehead atoms. The van der Waals surface area contributed by atoms with E-state index in [4.69, 9.17) is 16.3 Å². The summed E-state index contributed by atoms with van der Waals surface area (Å²) in [4.78, 5) is 12.2. The summed E-state index contributed by atoms with van der Waals surface area (Å²) in [6.07, 6.45) is 2.22. The van der Waals surface area contributed by atoms with Crippen molar-refractivity contribution in [2.75, 3.05) is 18.1 Å². The van der Waals surface area contributed by atoms with Gasteiger partial charge in [-0.05, 0) is 60.9 Å². The van der Waals surface area contributed by atoms with Gasteiger partial charge < -0.3 is 10.1 Å². The van der Waals surface area contributed by atoms with E-state index in [1.54, 1.807) is 12.1 Å². The van der Waals surface area contributed by atoms with Crippen molar-refractivity contribution < 1.29 is 26.7 Å². The Morgan fingerprint density at radius 3 is 2.42 bits per heavy atom. The molecule has 2 aromatic rings. The van der Waals surface area contributed by atoms with Crippen LogP contribution in [0.2, 0.25) is 5.02 Å². The third-order valence-corrected chi connectivity index (χ3v) is 8.13. The highest BCUT2D eigenvalue weighted by molar-refractivity contribution is 7.91. The van der Waals surface area contributed by atoms with Gasteiger partial charge in [0.05, 0.1) is 16.5 Å². The second-order valence-corrected chi connectivity index (χ2v) is 11.3. The second-order valence-electron chi connectivity index (χ2n) is 8.69. The number of carbonyl (C=O) groups is 1. The number of hydrogen-bond donors (Lipinski definition) is 1. The van der Waals surface area contributed by atoms with Gasteiger partial charge in [-0.2, -0.15) is 0 Å². The molecule has 0 aromatic heterocycles. The normalized spacial score (nSPS) is 24.1.